The minimum absolute atomic E-state index is 0. The molecule has 0 saturated carbocycles. The van der Waals surface area contributed by atoms with Gasteiger partial charge < -0.3 is 20.1 Å². The summed E-state index contributed by atoms with van der Waals surface area (Å²) < 4.78 is 10.8. The van der Waals surface area contributed by atoms with Crippen LogP contribution in [0.15, 0.2) is 29.3 Å². The highest BCUT2D eigenvalue weighted by Crippen LogP contribution is 2.12. The van der Waals surface area contributed by atoms with Crippen molar-refractivity contribution in [2.24, 2.45) is 4.99 Å². The smallest absolute Gasteiger partial charge is 0.191 e. The number of rotatable bonds is 6. The number of aliphatic imine (C=N–C) groups is 1. The van der Waals surface area contributed by atoms with E-state index >= 15 is 0 Å². The second-order valence-electron chi connectivity index (χ2n) is 6.17. The Balaban J connectivity index is 0.00000312. The first-order valence-electron chi connectivity index (χ1n) is 8.55. The molecular weight excluding hydrogens is 431 g/mol. The van der Waals surface area contributed by atoms with Gasteiger partial charge in [0.25, 0.3) is 0 Å². The lowest BCUT2D eigenvalue weighted by Gasteiger charge is -2.38. The number of benzene rings is 1. The first kappa shape index (κ1) is 22.0. The van der Waals surface area contributed by atoms with E-state index in [1.807, 2.05) is 18.2 Å². The SMILES string of the molecule is CN=C(NCc1cccc(OC)c1)NCC(C)N1CCOCC1C.I. The van der Waals surface area contributed by atoms with Crippen LogP contribution in [0, 0.1) is 0 Å². The second-order valence-corrected chi connectivity index (χ2v) is 6.17. The standard InChI is InChI=1S/C18H30N4O2.HI/c1-14(22-8-9-24-13-15(22)2)11-20-18(19-3)21-12-16-6-5-7-17(10-16)23-4;/h5-7,10,14-15H,8-9,11-13H2,1-4H3,(H2,19,20,21);1H. The molecule has 7 heteroatoms. The second kappa shape index (κ2) is 11.5. The third-order valence-corrected chi connectivity index (χ3v) is 4.37. The van der Waals surface area contributed by atoms with Crippen LogP contribution in [0.3, 0.4) is 0 Å². The summed E-state index contributed by atoms with van der Waals surface area (Å²) in [5.41, 5.74) is 1.16. The monoisotopic (exact) mass is 462 g/mol. The van der Waals surface area contributed by atoms with Crippen molar-refractivity contribution in [2.45, 2.75) is 32.5 Å². The molecule has 25 heavy (non-hydrogen) atoms. The van der Waals surface area contributed by atoms with Gasteiger partial charge in [-0.15, -0.1) is 24.0 Å². The molecule has 1 fully saturated rings. The molecule has 1 aromatic carbocycles. The quantitative estimate of drug-likeness (QED) is 0.385. The molecule has 142 valence electrons. The molecule has 2 unspecified atom stereocenters. The van der Waals surface area contributed by atoms with Crippen LogP contribution in [0.1, 0.15) is 19.4 Å². The predicted molar refractivity (Wildman–Crippen MR) is 113 cm³/mol. The fourth-order valence-electron chi connectivity index (χ4n) is 2.95. The van der Waals surface area contributed by atoms with E-state index in [1.54, 1.807) is 14.2 Å². The lowest BCUT2D eigenvalue weighted by atomic mass is 10.2. The Labute approximate surface area is 168 Å². The molecule has 2 N–H and O–H groups in total. The average molecular weight is 462 g/mol. The van der Waals surface area contributed by atoms with E-state index in [2.05, 4.69) is 40.4 Å². The number of hydrogen-bond donors (Lipinski definition) is 2. The number of guanidine groups is 1. The Kier molecular flexibility index (Phi) is 10.1. The summed E-state index contributed by atoms with van der Waals surface area (Å²) in [5.74, 6) is 1.68. The third-order valence-electron chi connectivity index (χ3n) is 4.37. The van der Waals surface area contributed by atoms with Crippen LogP contribution >= 0.6 is 24.0 Å². The highest BCUT2D eigenvalue weighted by molar-refractivity contribution is 14.0. The topological polar surface area (TPSA) is 58.1 Å². The van der Waals surface area contributed by atoms with Gasteiger partial charge in [0.05, 0.1) is 20.3 Å². The van der Waals surface area contributed by atoms with Crippen molar-refractivity contribution < 1.29 is 9.47 Å². The molecule has 0 amide bonds. The molecule has 0 aliphatic carbocycles. The molecule has 1 heterocycles. The molecule has 1 saturated heterocycles. The van der Waals surface area contributed by atoms with Crippen molar-refractivity contribution in [1.82, 2.24) is 15.5 Å². The summed E-state index contributed by atoms with van der Waals surface area (Å²) in [6.45, 7) is 8.63. The summed E-state index contributed by atoms with van der Waals surface area (Å²) in [7, 11) is 3.48. The number of hydrogen-bond acceptors (Lipinski definition) is 4. The van der Waals surface area contributed by atoms with Crippen LogP contribution in [-0.4, -0.2) is 63.4 Å². The van der Waals surface area contributed by atoms with Gasteiger partial charge in [0, 0.05) is 38.8 Å². The zero-order valence-electron chi connectivity index (χ0n) is 15.6. The van der Waals surface area contributed by atoms with E-state index in [1.165, 1.54) is 0 Å². The van der Waals surface area contributed by atoms with Gasteiger partial charge in [0.1, 0.15) is 5.75 Å². The minimum atomic E-state index is 0. The number of methoxy groups -OCH3 is 1. The fourth-order valence-corrected chi connectivity index (χ4v) is 2.95. The lowest BCUT2D eigenvalue weighted by Crippen LogP contribution is -2.52. The summed E-state index contributed by atoms with van der Waals surface area (Å²) in [6.07, 6.45) is 0. The predicted octanol–water partition coefficient (Wildman–Crippen LogP) is 2.09. The number of ether oxygens (including phenoxy) is 2. The summed E-state index contributed by atoms with van der Waals surface area (Å²) in [5, 5.41) is 6.76. The van der Waals surface area contributed by atoms with Crippen LogP contribution in [0.4, 0.5) is 0 Å². The van der Waals surface area contributed by atoms with Crippen LogP contribution < -0.4 is 15.4 Å². The maximum atomic E-state index is 5.51. The lowest BCUT2D eigenvalue weighted by molar-refractivity contribution is -0.0174. The van der Waals surface area contributed by atoms with Crippen molar-refractivity contribution in [3.05, 3.63) is 29.8 Å². The molecule has 1 aromatic rings. The number of halogens is 1. The van der Waals surface area contributed by atoms with Gasteiger partial charge in [0.15, 0.2) is 5.96 Å². The summed E-state index contributed by atoms with van der Waals surface area (Å²) >= 11 is 0. The summed E-state index contributed by atoms with van der Waals surface area (Å²) in [4.78, 5) is 6.78. The van der Waals surface area contributed by atoms with Crippen molar-refractivity contribution >= 4 is 29.9 Å². The normalized spacial score (nSPS) is 19.7. The molecule has 2 rings (SSSR count). The largest absolute Gasteiger partial charge is 0.497 e. The number of morpholine rings is 1. The van der Waals surface area contributed by atoms with Gasteiger partial charge in [-0.25, -0.2) is 0 Å². The van der Waals surface area contributed by atoms with Crippen molar-refractivity contribution in [1.29, 1.82) is 0 Å². The fraction of sp³-hybridized carbons (Fsp3) is 0.611. The Bertz CT molecular complexity index is 542. The van der Waals surface area contributed by atoms with E-state index in [-0.39, 0.29) is 24.0 Å². The molecule has 1 aliphatic heterocycles. The van der Waals surface area contributed by atoms with Crippen LogP contribution in [0.2, 0.25) is 0 Å². The van der Waals surface area contributed by atoms with E-state index in [0.29, 0.717) is 18.6 Å². The molecule has 0 aromatic heterocycles. The van der Waals surface area contributed by atoms with Gasteiger partial charge in [0.2, 0.25) is 0 Å². The summed E-state index contributed by atoms with van der Waals surface area (Å²) in [6, 6.07) is 8.93. The molecule has 0 spiro atoms. The van der Waals surface area contributed by atoms with Crippen LogP contribution in [-0.2, 0) is 11.3 Å². The van der Waals surface area contributed by atoms with E-state index in [9.17, 15) is 0 Å². The molecule has 0 bridgehead atoms. The highest BCUT2D eigenvalue weighted by Gasteiger charge is 2.23. The molecule has 1 aliphatic rings. The molecule has 0 radical (unpaired) electrons. The average Bonchev–Trinajstić information content (AvgIpc) is 2.62. The highest BCUT2D eigenvalue weighted by atomic mass is 127. The Morgan fingerprint density at radius 1 is 1.44 bits per heavy atom. The van der Waals surface area contributed by atoms with Crippen LogP contribution in [0.5, 0.6) is 5.75 Å². The number of nitrogens with zero attached hydrogens (tertiary/aromatic N) is 2. The minimum Gasteiger partial charge on any atom is -0.497 e. The van der Waals surface area contributed by atoms with E-state index < -0.39 is 0 Å². The molecule has 6 nitrogen and oxygen atoms in total. The third kappa shape index (κ3) is 6.99. The maximum Gasteiger partial charge on any atom is 0.191 e. The first-order valence-corrected chi connectivity index (χ1v) is 8.55. The Hall–Kier alpha value is -1.06. The van der Waals surface area contributed by atoms with Gasteiger partial charge in [-0.3, -0.25) is 9.89 Å². The zero-order valence-corrected chi connectivity index (χ0v) is 17.9. The van der Waals surface area contributed by atoms with Crippen molar-refractivity contribution in [3.8, 4) is 5.75 Å². The maximum absolute atomic E-state index is 5.51. The molecule has 2 atom stereocenters. The van der Waals surface area contributed by atoms with Crippen molar-refractivity contribution in [2.75, 3.05) is 40.5 Å². The number of nitrogens with one attached hydrogen (secondary N) is 2. The van der Waals surface area contributed by atoms with E-state index in [0.717, 1.165) is 43.6 Å². The van der Waals surface area contributed by atoms with Gasteiger partial charge in [-0.05, 0) is 31.5 Å². The zero-order chi connectivity index (χ0) is 17.4. The first-order chi connectivity index (χ1) is 11.6. The van der Waals surface area contributed by atoms with Crippen molar-refractivity contribution in [3.63, 3.8) is 0 Å². The van der Waals surface area contributed by atoms with E-state index in [4.69, 9.17) is 9.47 Å². The van der Waals surface area contributed by atoms with Gasteiger partial charge in [-0.1, -0.05) is 12.1 Å². The van der Waals surface area contributed by atoms with Gasteiger partial charge >= 0.3 is 0 Å². The Morgan fingerprint density at radius 3 is 2.92 bits per heavy atom. The Morgan fingerprint density at radius 2 is 2.24 bits per heavy atom. The van der Waals surface area contributed by atoms with Gasteiger partial charge in [-0.2, -0.15) is 0 Å². The van der Waals surface area contributed by atoms with Crippen LogP contribution in [0.25, 0.3) is 0 Å². The molecular formula is C18H31IN4O2.